The van der Waals surface area contributed by atoms with Gasteiger partial charge in [-0.15, -0.1) is 0 Å². The average molecular weight is 223 g/mol. The van der Waals surface area contributed by atoms with E-state index in [1.807, 2.05) is 0 Å². The summed E-state index contributed by atoms with van der Waals surface area (Å²) in [5, 5.41) is 1.38. The summed E-state index contributed by atoms with van der Waals surface area (Å²) in [7, 11) is -0.543. The summed E-state index contributed by atoms with van der Waals surface area (Å²) >= 11 is 0. The summed E-state index contributed by atoms with van der Waals surface area (Å²) in [6.07, 6.45) is 0. The smallest absolute Gasteiger partial charge is 0.172 e. The second kappa shape index (κ2) is 4.86. The molecule has 1 aromatic carbocycles. The van der Waals surface area contributed by atoms with Crippen molar-refractivity contribution in [2.75, 3.05) is 0 Å². The third kappa shape index (κ3) is 4.68. The molecule has 0 fully saturated rings. The maximum Gasteiger partial charge on any atom is 0.172 e. The predicted octanol–water partition coefficient (Wildman–Crippen LogP) is 3.24. The van der Waals surface area contributed by atoms with E-state index >= 15 is 0 Å². The summed E-state index contributed by atoms with van der Waals surface area (Å²) in [6, 6.07) is 10.6. The van der Waals surface area contributed by atoms with Gasteiger partial charge in [-0.2, -0.15) is 0 Å². The minimum absolute atomic E-state index is 0.737. The van der Waals surface area contributed by atoms with E-state index in [4.69, 9.17) is 4.66 Å². The van der Waals surface area contributed by atoms with Crippen molar-refractivity contribution >= 4 is 27.6 Å². The Morgan fingerprint density at radius 2 is 1.71 bits per heavy atom. The van der Waals surface area contributed by atoms with Gasteiger partial charge in [0.1, 0.15) is 0 Å². The molecule has 0 aliphatic carbocycles. The molecule has 0 aliphatic heterocycles. The van der Waals surface area contributed by atoms with Gasteiger partial charge in [0.25, 0.3) is 0 Å². The highest BCUT2D eigenvalue weighted by Crippen LogP contribution is 2.15. The van der Waals surface area contributed by atoms with Crippen LogP contribution in [0.4, 0.5) is 0 Å². The van der Waals surface area contributed by atoms with Crippen LogP contribution in [0.15, 0.2) is 35.0 Å². The van der Waals surface area contributed by atoms with Gasteiger partial charge in [-0.25, -0.2) is 0 Å². The van der Waals surface area contributed by atoms with Crippen molar-refractivity contribution in [3.63, 3.8) is 0 Å². The zero-order chi connectivity index (χ0) is 10.6. The minimum atomic E-state index is -1.28. The van der Waals surface area contributed by atoms with E-state index in [9.17, 15) is 0 Å². The Morgan fingerprint density at radius 1 is 1.14 bits per heavy atom. The maximum absolute atomic E-state index is 4.77. The van der Waals surface area contributed by atoms with Crippen LogP contribution in [0.2, 0.25) is 19.6 Å². The van der Waals surface area contributed by atoms with Gasteiger partial charge in [-0.05, 0) is 40.5 Å². The van der Waals surface area contributed by atoms with Crippen LogP contribution in [0.3, 0.4) is 0 Å². The number of rotatable bonds is 3. The Morgan fingerprint density at radius 3 is 2.21 bits per heavy atom. The van der Waals surface area contributed by atoms with Gasteiger partial charge in [0.2, 0.25) is 0 Å². The van der Waals surface area contributed by atoms with Crippen molar-refractivity contribution in [1.29, 1.82) is 0 Å². The lowest BCUT2D eigenvalue weighted by Crippen LogP contribution is -2.18. The van der Waals surface area contributed by atoms with Crippen LogP contribution in [-0.2, 0) is 0 Å². The molecule has 0 radical (unpaired) electrons. The van der Waals surface area contributed by atoms with Crippen LogP contribution in [-0.4, -0.2) is 13.7 Å². The second-order valence-electron chi connectivity index (χ2n) is 4.36. The summed E-state index contributed by atoms with van der Waals surface area (Å²) < 4.78 is 4.77. The molecule has 1 nitrogen and oxygen atoms in total. The van der Waals surface area contributed by atoms with Gasteiger partial charge < -0.3 is 4.66 Å². The first kappa shape index (κ1) is 11.6. The van der Waals surface area contributed by atoms with Crippen molar-refractivity contribution in [2.45, 2.75) is 26.6 Å². The van der Waals surface area contributed by atoms with Crippen LogP contribution < -0.4 is 5.30 Å². The Kier molecular flexibility index (Phi) is 4.03. The van der Waals surface area contributed by atoms with E-state index < -0.39 is 8.24 Å². The Labute approximate surface area is 89.5 Å². The lowest BCUT2D eigenvalue weighted by molar-refractivity contribution is 1.56. The molecule has 1 rings (SSSR count). The van der Waals surface area contributed by atoms with E-state index in [0.29, 0.717) is 0 Å². The Balaban J connectivity index is 2.67. The standard InChI is InChI=1S/C11H18NPSi/c1-10(12-14(2,3)4)13-11-8-6-5-7-9-11/h5-9,13H,1-4H3/b12-10-. The third-order valence-corrected chi connectivity index (χ3v) is 3.93. The summed E-state index contributed by atoms with van der Waals surface area (Å²) in [5.41, 5.74) is 1.29. The van der Waals surface area contributed by atoms with Crippen LogP contribution in [0.1, 0.15) is 6.92 Å². The highest BCUT2D eigenvalue weighted by Gasteiger charge is 2.11. The molecule has 0 saturated carbocycles. The Hall–Kier alpha value is -0.463. The fourth-order valence-corrected chi connectivity index (χ4v) is 4.27. The van der Waals surface area contributed by atoms with E-state index in [1.54, 1.807) is 0 Å². The molecule has 0 amide bonds. The molecule has 76 valence electrons. The van der Waals surface area contributed by atoms with E-state index in [-0.39, 0.29) is 0 Å². The minimum Gasteiger partial charge on any atom is -0.326 e. The average Bonchev–Trinajstić information content (AvgIpc) is 2.02. The van der Waals surface area contributed by atoms with Crippen molar-refractivity contribution in [3.05, 3.63) is 30.3 Å². The molecular weight excluding hydrogens is 205 g/mol. The fraction of sp³-hybridized carbons (Fsp3) is 0.364. The van der Waals surface area contributed by atoms with Gasteiger partial charge in [-0.3, -0.25) is 0 Å². The van der Waals surface area contributed by atoms with Gasteiger partial charge in [0.15, 0.2) is 8.24 Å². The van der Waals surface area contributed by atoms with Crippen LogP contribution in [0.25, 0.3) is 0 Å². The van der Waals surface area contributed by atoms with Gasteiger partial charge >= 0.3 is 0 Å². The number of hydrogen-bond donors (Lipinski definition) is 0. The number of benzene rings is 1. The highest BCUT2D eigenvalue weighted by atomic mass is 31.1. The first-order valence-corrected chi connectivity index (χ1v) is 9.31. The van der Waals surface area contributed by atoms with Gasteiger partial charge in [-0.1, -0.05) is 30.3 Å². The molecule has 1 aromatic rings. The van der Waals surface area contributed by atoms with Crippen molar-refractivity contribution in [1.82, 2.24) is 0 Å². The van der Waals surface area contributed by atoms with Crippen molar-refractivity contribution in [3.8, 4) is 0 Å². The zero-order valence-electron chi connectivity index (χ0n) is 9.33. The Bertz CT molecular complexity index is 314. The monoisotopic (exact) mass is 223 g/mol. The molecular formula is C11H18NPSi. The molecule has 3 heteroatoms. The summed E-state index contributed by atoms with van der Waals surface area (Å²) in [4.78, 5) is 0. The zero-order valence-corrected chi connectivity index (χ0v) is 11.3. The summed E-state index contributed by atoms with van der Waals surface area (Å²) in [6.45, 7) is 8.95. The first-order chi connectivity index (χ1) is 6.47. The third-order valence-electron chi connectivity index (χ3n) is 1.60. The molecule has 14 heavy (non-hydrogen) atoms. The second-order valence-corrected chi connectivity index (χ2v) is 10.5. The summed E-state index contributed by atoms with van der Waals surface area (Å²) in [5.74, 6) is 0. The molecule has 0 bridgehead atoms. The quantitative estimate of drug-likeness (QED) is 0.424. The number of hydrogen-bond acceptors (Lipinski definition) is 1. The lowest BCUT2D eigenvalue weighted by Gasteiger charge is -2.11. The van der Waals surface area contributed by atoms with Gasteiger partial charge in [0.05, 0.1) is 0 Å². The maximum atomic E-state index is 4.77. The topological polar surface area (TPSA) is 12.4 Å². The molecule has 1 atom stereocenters. The molecule has 1 unspecified atom stereocenters. The SMILES string of the molecule is C/C(=N/[Si](C)(C)C)Pc1ccccc1. The van der Waals surface area contributed by atoms with Crippen LogP contribution in [0.5, 0.6) is 0 Å². The highest BCUT2D eigenvalue weighted by molar-refractivity contribution is 7.65. The molecule has 0 N–H and O–H groups in total. The lowest BCUT2D eigenvalue weighted by atomic mass is 10.4. The van der Waals surface area contributed by atoms with Crippen molar-refractivity contribution < 1.29 is 0 Å². The first-order valence-electron chi connectivity index (χ1n) is 4.86. The van der Waals surface area contributed by atoms with E-state index in [2.05, 4.69) is 56.9 Å². The van der Waals surface area contributed by atoms with E-state index in [1.165, 1.54) is 10.8 Å². The van der Waals surface area contributed by atoms with Crippen LogP contribution >= 0.6 is 8.58 Å². The fourth-order valence-electron chi connectivity index (χ4n) is 1.26. The molecule has 0 aliphatic rings. The molecule has 0 aromatic heterocycles. The van der Waals surface area contributed by atoms with Gasteiger partial charge in [0, 0.05) is 5.45 Å². The molecule has 0 spiro atoms. The molecule has 0 heterocycles. The van der Waals surface area contributed by atoms with Crippen LogP contribution in [0, 0.1) is 0 Å². The normalized spacial score (nSPS) is 13.9. The van der Waals surface area contributed by atoms with E-state index in [0.717, 1.165) is 8.58 Å². The molecule has 0 saturated heterocycles. The van der Waals surface area contributed by atoms with Crippen molar-refractivity contribution in [2.24, 2.45) is 4.66 Å². The largest absolute Gasteiger partial charge is 0.326 e. The predicted molar refractivity (Wildman–Crippen MR) is 70.8 cm³/mol. The number of nitrogens with zero attached hydrogens (tertiary/aromatic N) is 1.